The normalized spacial score (nSPS) is 21.5. The number of benzene rings is 1. The van der Waals surface area contributed by atoms with Crippen LogP contribution in [0.2, 0.25) is 0 Å². The van der Waals surface area contributed by atoms with Crippen LogP contribution in [0.25, 0.3) is 0 Å². The van der Waals surface area contributed by atoms with Crippen LogP contribution < -0.4 is 10.7 Å². The summed E-state index contributed by atoms with van der Waals surface area (Å²) in [5.74, 6) is -6.01. The Morgan fingerprint density at radius 3 is 2.63 bits per heavy atom. The van der Waals surface area contributed by atoms with Gasteiger partial charge >= 0.3 is 0 Å². The van der Waals surface area contributed by atoms with Gasteiger partial charge in [0.05, 0.1) is 11.8 Å². The van der Waals surface area contributed by atoms with E-state index in [-0.39, 0.29) is 18.3 Å². The number of hydrogen-bond donors (Lipinski definition) is 2. The first-order valence-corrected chi connectivity index (χ1v) is 10.9. The number of pyridine rings is 1. The molecular weight excluding hydrogens is 469 g/mol. The molecular formula is C23H23F3N4O5. The molecule has 2 aliphatic rings. The average molecular weight is 492 g/mol. The van der Waals surface area contributed by atoms with Crippen LogP contribution in [0.3, 0.4) is 0 Å². The zero-order valence-corrected chi connectivity index (χ0v) is 19.0. The number of amides is 2. The number of oxime groups is 1. The second-order valence-corrected chi connectivity index (χ2v) is 8.62. The number of aromatic nitrogens is 1. The van der Waals surface area contributed by atoms with Crippen LogP contribution in [-0.4, -0.2) is 51.3 Å². The second kappa shape index (κ2) is 9.43. The summed E-state index contributed by atoms with van der Waals surface area (Å²) in [6, 6.07) is 0.205. The fraction of sp³-hybridized carbons (Fsp3) is 0.391. The van der Waals surface area contributed by atoms with E-state index in [9.17, 15) is 32.7 Å². The third-order valence-electron chi connectivity index (χ3n) is 6.16. The SMILES string of the molecule is C/C1=N/OCC[C@H](C)N2C[C@H](C1)n1cc(C(=O)NCc3c(F)cc(F)cc3F)c(=O)c(O)c1C2=O. The summed E-state index contributed by atoms with van der Waals surface area (Å²) in [5.41, 5.74) is -1.86. The van der Waals surface area contributed by atoms with E-state index in [0.29, 0.717) is 37.3 Å². The number of nitrogens with zero attached hydrogens (tertiary/aromatic N) is 3. The molecule has 2 aromatic rings. The van der Waals surface area contributed by atoms with E-state index < -0.39 is 64.2 Å². The molecule has 9 nitrogen and oxygen atoms in total. The molecule has 2 amide bonds. The molecule has 2 bridgehead atoms. The van der Waals surface area contributed by atoms with Crippen molar-refractivity contribution in [2.45, 2.75) is 45.3 Å². The van der Waals surface area contributed by atoms with Crippen LogP contribution in [0.5, 0.6) is 5.75 Å². The Morgan fingerprint density at radius 2 is 1.94 bits per heavy atom. The van der Waals surface area contributed by atoms with Gasteiger partial charge in [0.25, 0.3) is 11.8 Å². The molecule has 2 atom stereocenters. The lowest BCUT2D eigenvalue weighted by Gasteiger charge is -2.40. The van der Waals surface area contributed by atoms with Crippen molar-refractivity contribution in [3.8, 4) is 5.75 Å². The van der Waals surface area contributed by atoms with E-state index in [1.165, 1.54) is 4.57 Å². The average Bonchev–Trinajstić information content (AvgIpc) is 2.79. The topological polar surface area (TPSA) is 113 Å². The maximum atomic E-state index is 13.9. The summed E-state index contributed by atoms with van der Waals surface area (Å²) in [6.07, 6.45) is 1.94. The van der Waals surface area contributed by atoms with Gasteiger partial charge in [-0.15, -0.1) is 0 Å². The molecule has 1 aromatic heterocycles. The highest BCUT2D eigenvalue weighted by molar-refractivity contribution is 5.99. The van der Waals surface area contributed by atoms with Gasteiger partial charge < -0.3 is 24.7 Å². The number of hydrogen-bond acceptors (Lipinski definition) is 6. The smallest absolute Gasteiger partial charge is 0.274 e. The molecule has 2 aliphatic heterocycles. The lowest BCUT2D eigenvalue weighted by atomic mass is 10.0. The van der Waals surface area contributed by atoms with Crippen molar-refractivity contribution < 1.29 is 32.7 Å². The van der Waals surface area contributed by atoms with Crippen LogP contribution in [0.1, 0.15) is 59.1 Å². The van der Waals surface area contributed by atoms with Gasteiger partial charge in [0.2, 0.25) is 5.43 Å². The van der Waals surface area contributed by atoms with Gasteiger partial charge in [-0.1, -0.05) is 5.16 Å². The Morgan fingerprint density at radius 1 is 1.26 bits per heavy atom. The highest BCUT2D eigenvalue weighted by atomic mass is 19.1. The van der Waals surface area contributed by atoms with Crippen molar-refractivity contribution in [3.63, 3.8) is 0 Å². The van der Waals surface area contributed by atoms with Crippen molar-refractivity contribution in [1.82, 2.24) is 14.8 Å². The summed E-state index contributed by atoms with van der Waals surface area (Å²) in [5, 5.41) is 16.9. The summed E-state index contributed by atoms with van der Waals surface area (Å²) in [6.45, 7) is 3.41. The lowest BCUT2D eigenvalue weighted by Crippen LogP contribution is -2.49. The minimum Gasteiger partial charge on any atom is -0.503 e. The quantitative estimate of drug-likeness (QED) is 0.684. The zero-order chi connectivity index (χ0) is 25.4. The number of aromatic hydroxyl groups is 1. The maximum absolute atomic E-state index is 13.9. The summed E-state index contributed by atoms with van der Waals surface area (Å²) < 4.78 is 42.3. The van der Waals surface area contributed by atoms with Crippen molar-refractivity contribution >= 4 is 17.5 Å². The molecule has 0 radical (unpaired) electrons. The van der Waals surface area contributed by atoms with Crippen LogP contribution in [-0.2, 0) is 11.4 Å². The standard InChI is InChI=1S/C23H23F3N4O5/c1-11-5-14-9-29(12(2)3-4-35-28-11)23(34)19-21(32)20(31)16(10-30(14)19)22(33)27-8-15-17(25)6-13(24)7-18(15)26/h6-7,10,12,14,32H,3-5,8-9H2,1-2H3,(H,27,33)/b28-11-/t12-,14-/m0/s1. The third kappa shape index (κ3) is 4.60. The fourth-order valence-electron chi connectivity index (χ4n) is 4.28. The molecule has 0 saturated carbocycles. The van der Waals surface area contributed by atoms with Gasteiger partial charge in [0.15, 0.2) is 11.4 Å². The van der Waals surface area contributed by atoms with E-state index >= 15 is 0 Å². The van der Waals surface area contributed by atoms with Gasteiger partial charge in [-0.2, -0.15) is 0 Å². The fourth-order valence-corrected chi connectivity index (χ4v) is 4.28. The van der Waals surface area contributed by atoms with Crippen LogP contribution in [0.4, 0.5) is 13.2 Å². The van der Waals surface area contributed by atoms with Crippen molar-refractivity contribution in [2.24, 2.45) is 5.16 Å². The van der Waals surface area contributed by atoms with Crippen molar-refractivity contribution in [1.29, 1.82) is 0 Å². The molecule has 35 heavy (non-hydrogen) atoms. The summed E-state index contributed by atoms with van der Waals surface area (Å²) in [7, 11) is 0. The van der Waals surface area contributed by atoms with Crippen LogP contribution in [0, 0.1) is 17.5 Å². The summed E-state index contributed by atoms with van der Waals surface area (Å²) in [4.78, 5) is 45.6. The van der Waals surface area contributed by atoms with Crippen LogP contribution >= 0.6 is 0 Å². The Kier molecular flexibility index (Phi) is 6.55. The Hall–Kier alpha value is -3.83. The Balaban J connectivity index is 1.71. The molecule has 12 heteroatoms. The van der Waals surface area contributed by atoms with E-state index in [1.807, 2.05) is 6.92 Å². The number of carbonyl (C=O) groups is 2. The lowest BCUT2D eigenvalue weighted by molar-refractivity contribution is 0.0496. The molecule has 186 valence electrons. The second-order valence-electron chi connectivity index (χ2n) is 8.62. The molecule has 0 aliphatic carbocycles. The van der Waals surface area contributed by atoms with E-state index in [4.69, 9.17) is 4.84 Å². The molecule has 0 unspecified atom stereocenters. The predicted molar refractivity (Wildman–Crippen MR) is 118 cm³/mol. The van der Waals surface area contributed by atoms with Crippen LogP contribution in [0.15, 0.2) is 28.3 Å². The largest absolute Gasteiger partial charge is 0.503 e. The number of carbonyl (C=O) groups excluding carboxylic acids is 2. The van der Waals surface area contributed by atoms with Gasteiger partial charge in [-0.3, -0.25) is 14.4 Å². The maximum Gasteiger partial charge on any atom is 0.274 e. The molecule has 1 aromatic carbocycles. The van der Waals surface area contributed by atoms with Gasteiger partial charge in [-0.25, -0.2) is 13.2 Å². The van der Waals surface area contributed by atoms with E-state index in [0.717, 1.165) is 6.20 Å². The Bertz CT molecular complexity index is 1270. The number of fused-ring (bicyclic) bond motifs is 4. The molecule has 0 saturated heterocycles. The molecule has 0 fully saturated rings. The first kappa shape index (κ1) is 24.3. The van der Waals surface area contributed by atoms with Gasteiger partial charge in [0, 0.05) is 55.9 Å². The molecule has 0 spiro atoms. The first-order valence-electron chi connectivity index (χ1n) is 10.9. The molecule has 4 rings (SSSR count). The van der Waals surface area contributed by atoms with E-state index in [1.54, 1.807) is 11.8 Å². The molecule has 3 heterocycles. The zero-order valence-electron chi connectivity index (χ0n) is 19.0. The number of rotatable bonds is 3. The summed E-state index contributed by atoms with van der Waals surface area (Å²) >= 11 is 0. The highest BCUT2D eigenvalue weighted by Crippen LogP contribution is 2.31. The molecule has 2 N–H and O–H groups in total. The van der Waals surface area contributed by atoms with Crippen molar-refractivity contribution in [2.75, 3.05) is 13.2 Å². The number of halogens is 3. The van der Waals surface area contributed by atoms with Gasteiger partial charge in [-0.05, 0) is 13.8 Å². The number of nitrogens with one attached hydrogen (secondary N) is 1. The van der Waals surface area contributed by atoms with E-state index in [2.05, 4.69) is 10.5 Å². The van der Waals surface area contributed by atoms with Gasteiger partial charge in [0.1, 0.15) is 29.6 Å². The Labute approximate surface area is 197 Å². The minimum absolute atomic E-state index is 0.245. The predicted octanol–water partition coefficient (Wildman–Crippen LogP) is 2.47. The minimum atomic E-state index is -1.20. The first-order chi connectivity index (χ1) is 16.6. The highest BCUT2D eigenvalue weighted by Gasteiger charge is 2.38. The van der Waals surface area contributed by atoms with Crippen molar-refractivity contribution in [3.05, 3.63) is 62.8 Å². The third-order valence-corrected chi connectivity index (χ3v) is 6.16. The monoisotopic (exact) mass is 492 g/mol.